The average Bonchev–Trinajstić information content (AvgIpc) is 3.49. The van der Waals surface area contributed by atoms with Gasteiger partial charge in [-0.15, -0.1) is 28.1 Å². The molecule has 0 saturated heterocycles. The minimum Gasteiger partial charge on any atom is -0.344 e. The van der Waals surface area contributed by atoms with Crippen LogP contribution in [0.2, 0.25) is 0 Å². The van der Waals surface area contributed by atoms with Gasteiger partial charge in [-0.05, 0) is 34.7 Å². The monoisotopic (exact) mass is 478 g/mol. The van der Waals surface area contributed by atoms with E-state index in [1.165, 1.54) is 23.9 Å². The minimum absolute atomic E-state index is 0.138. The Hall–Kier alpha value is -3.23. The van der Waals surface area contributed by atoms with E-state index in [0.717, 1.165) is 21.8 Å². The zero-order chi connectivity index (χ0) is 23.0. The normalized spacial score (nSPS) is 11.8. The average molecular weight is 479 g/mol. The number of hydrogen-bond donors (Lipinski definition) is 1. The number of benzene rings is 2. The molecule has 0 aliphatic heterocycles. The number of thioether (sulfide) groups is 1. The van der Waals surface area contributed by atoms with Crippen LogP contribution < -0.4 is 5.32 Å². The lowest BCUT2D eigenvalue weighted by Crippen LogP contribution is -2.30. The minimum atomic E-state index is -0.335. The van der Waals surface area contributed by atoms with Crippen molar-refractivity contribution >= 4 is 29.0 Å². The van der Waals surface area contributed by atoms with E-state index in [2.05, 4.69) is 22.1 Å². The van der Waals surface area contributed by atoms with Crippen LogP contribution in [0.3, 0.4) is 0 Å². The molecule has 2 aromatic heterocycles. The molecule has 0 bridgehead atoms. The van der Waals surface area contributed by atoms with Crippen LogP contribution in [0.25, 0.3) is 0 Å². The molecule has 168 valence electrons. The Bertz CT molecular complexity index is 1190. The number of hydrogen-bond acceptors (Lipinski definition) is 5. The van der Waals surface area contributed by atoms with Crippen LogP contribution in [-0.4, -0.2) is 26.4 Å². The van der Waals surface area contributed by atoms with Crippen molar-refractivity contribution < 1.29 is 9.18 Å². The number of aromatic nitrogens is 3. The summed E-state index contributed by atoms with van der Waals surface area (Å²) in [5.74, 6) is 0.564. The molecule has 2 heterocycles. The van der Waals surface area contributed by atoms with Crippen molar-refractivity contribution in [3.8, 4) is 0 Å². The molecule has 0 radical (unpaired) electrons. The topological polar surface area (TPSA) is 59.8 Å². The van der Waals surface area contributed by atoms with Gasteiger partial charge in [-0.3, -0.25) is 4.79 Å². The number of thiophene rings is 1. The van der Waals surface area contributed by atoms with Crippen molar-refractivity contribution in [2.45, 2.75) is 24.2 Å². The maximum atomic E-state index is 13.4. The zero-order valence-electron chi connectivity index (χ0n) is 17.9. The van der Waals surface area contributed by atoms with Crippen molar-refractivity contribution in [1.29, 1.82) is 0 Å². The van der Waals surface area contributed by atoms with E-state index in [1.807, 2.05) is 52.4 Å². The molecule has 4 rings (SSSR count). The van der Waals surface area contributed by atoms with Crippen molar-refractivity contribution in [3.63, 3.8) is 0 Å². The number of carbonyl (C=O) groups is 1. The first-order chi connectivity index (χ1) is 16.1. The summed E-state index contributed by atoms with van der Waals surface area (Å²) >= 11 is 2.88. The third-order valence-corrected chi connectivity index (χ3v) is 6.88. The fourth-order valence-electron chi connectivity index (χ4n) is 3.41. The largest absolute Gasteiger partial charge is 0.344 e. The number of rotatable bonds is 10. The van der Waals surface area contributed by atoms with Gasteiger partial charge in [-0.25, -0.2) is 4.39 Å². The molecule has 0 fully saturated rings. The molecule has 4 aromatic rings. The smallest absolute Gasteiger partial charge is 0.231 e. The molecule has 0 aliphatic carbocycles. The van der Waals surface area contributed by atoms with Gasteiger partial charge >= 0.3 is 0 Å². The molecular weight excluding hydrogens is 455 g/mol. The summed E-state index contributed by atoms with van der Waals surface area (Å²) in [6.07, 6.45) is 2.45. The summed E-state index contributed by atoms with van der Waals surface area (Å²) in [5.41, 5.74) is 1.97. The molecule has 2 aromatic carbocycles. The van der Waals surface area contributed by atoms with Crippen LogP contribution in [0, 0.1) is 5.82 Å². The number of halogens is 1. The zero-order valence-corrected chi connectivity index (χ0v) is 19.5. The van der Waals surface area contributed by atoms with Gasteiger partial charge in [-0.1, -0.05) is 66.4 Å². The fourth-order valence-corrected chi connectivity index (χ4v) is 4.99. The van der Waals surface area contributed by atoms with E-state index >= 15 is 0 Å². The molecule has 1 amide bonds. The first kappa shape index (κ1) is 22.9. The highest BCUT2D eigenvalue weighted by Crippen LogP contribution is 2.27. The molecule has 1 N–H and O–H groups in total. The molecule has 33 heavy (non-hydrogen) atoms. The van der Waals surface area contributed by atoms with Crippen LogP contribution in [0.4, 0.5) is 4.39 Å². The first-order valence-electron chi connectivity index (χ1n) is 10.4. The van der Waals surface area contributed by atoms with E-state index in [0.29, 0.717) is 18.1 Å². The lowest BCUT2D eigenvalue weighted by Gasteiger charge is -2.18. The van der Waals surface area contributed by atoms with Crippen molar-refractivity contribution in [3.05, 3.63) is 112 Å². The van der Waals surface area contributed by atoms with Gasteiger partial charge in [0.2, 0.25) is 5.91 Å². The maximum absolute atomic E-state index is 13.4. The number of amides is 1. The Morgan fingerprint density at radius 2 is 1.91 bits per heavy atom. The molecule has 0 spiro atoms. The van der Waals surface area contributed by atoms with Gasteiger partial charge < -0.3 is 9.88 Å². The number of nitrogens with one attached hydrogen (secondary N) is 1. The van der Waals surface area contributed by atoms with Crippen molar-refractivity contribution in [2.75, 3.05) is 5.75 Å². The van der Waals surface area contributed by atoms with Crippen LogP contribution in [0.15, 0.2) is 89.9 Å². The number of carbonyl (C=O) groups excluding carboxylic acids is 1. The van der Waals surface area contributed by atoms with E-state index in [1.54, 1.807) is 29.5 Å². The molecule has 0 saturated carbocycles. The number of nitrogens with zero attached hydrogens (tertiary/aromatic N) is 3. The summed E-state index contributed by atoms with van der Waals surface area (Å²) in [4.78, 5) is 13.8. The highest BCUT2D eigenvalue weighted by atomic mass is 32.2. The quantitative estimate of drug-likeness (QED) is 0.250. The van der Waals surface area contributed by atoms with E-state index in [9.17, 15) is 9.18 Å². The lowest BCUT2D eigenvalue weighted by atomic mass is 10.1. The molecule has 1 atom stereocenters. The lowest BCUT2D eigenvalue weighted by molar-refractivity contribution is -0.119. The van der Waals surface area contributed by atoms with E-state index < -0.39 is 0 Å². The van der Waals surface area contributed by atoms with Gasteiger partial charge in [0, 0.05) is 17.8 Å². The molecule has 1 unspecified atom stereocenters. The third kappa shape index (κ3) is 5.97. The summed E-state index contributed by atoms with van der Waals surface area (Å²) in [5, 5.41) is 14.4. The Balaban J connectivity index is 1.45. The summed E-state index contributed by atoms with van der Waals surface area (Å²) < 4.78 is 15.4. The van der Waals surface area contributed by atoms with E-state index in [4.69, 9.17) is 0 Å². The second-order valence-corrected chi connectivity index (χ2v) is 9.24. The summed E-state index contributed by atoms with van der Waals surface area (Å²) in [6, 6.07) is 19.8. The summed E-state index contributed by atoms with van der Waals surface area (Å²) in [6.45, 7) is 4.40. The number of allylic oxidation sites excluding steroid dienone is 1. The van der Waals surface area contributed by atoms with Gasteiger partial charge in [-0.2, -0.15) is 0 Å². The predicted octanol–water partition coefficient (Wildman–Crippen LogP) is 5.25. The second-order valence-electron chi connectivity index (χ2n) is 7.32. The highest BCUT2D eigenvalue weighted by molar-refractivity contribution is 7.99. The highest BCUT2D eigenvalue weighted by Gasteiger charge is 2.19. The Kier molecular flexibility index (Phi) is 7.70. The summed E-state index contributed by atoms with van der Waals surface area (Å²) in [7, 11) is 0. The Morgan fingerprint density at radius 3 is 2.61 bits per heavy atom. The standard InChI is InChI=1S/C25H23FN4OS2/c1-2-14-30-22(16-18-7-4-3-5-8-18)28-29-25(30)33-17-23(31)27-24(21-9-6-15-32-21)19-10-12-20(26)13-11-19/h2-13,15,24H,1,14,16-17H2,(H,27,31). The maximum Gasteiger partial charge on any atom is 0.231 e. The SMILES string of the molecule is C=CCn1c(Cc2ccccc2)nnc1SCC(=O)NC(c1ccc(F)cc1)c1cccs1. The molecule has 0 aliphatic rings. The third-order valence-electron chi connectivity index (χ3n) is 4.98. The molecule has 5 nitrogen and oxygen atoms in total. The van der Waals surface area contributed by atoms with Crippen molar-refractivity contribution in [1.82, 2.24) is 20.1 Å². The van der Waals surface area contributed by atoms with Crippen LogP contribution in [0.5, 0.6) is 0 Å². The molecular formula is C25H23FN4OS2. The first-order valence-corrected chi connectivity index (χ1v) is 12.3. The van der Waals surface area contributed by atoms with Crippen molar-refractivity contribution in [2.24, 2.45) is 0 Å². The van der Waals surface area contributed by atoms with E-state index in [-0.39, 0.29) is 23.5 Å². The van der Waals surface area contributed by atoms with Gasteiger partial charge in [0.05, 0.1) is 11.8 Å². The van der Waals surface area contributed by atoms with Crippen LogP contribution in [0.1, 0.15) is 27.9 Å². The van der Waals surface area contributed by atoms with Gasteiger partial charge in [0.25, 0.3) is 0 Å². The van der Waals surface area contributed by atoms with Gasteiger partial charge in [0.1, 0.15) is 11.6 Å². The van der Waals surface area contributed by atoms with Gasteiger partial charge in [0.15, 0.2) is 5.16 Å². The van der Waals surface area contributed by atoms with Crippen LogP contribution >= 0.6 is 23.1 Å². The predicted molar refractivity (Wildman–Crippen MR) is 131 cm³/mol. The van der Waals surface area contributed by atoms with Crippen LogP contribution in [-0.2, 0) is 17.8 Å². The Labute approximate surface area is 200 Å². The second kappa shape index (κ2) is 11.1. The molecule has 8 heteroatoms. The fraction of sp³-hybridized carbons (Fsp3) is 0.160. The Morgan fingerprint density at radius 1 is 1.12 bits per heavy atom.